The Labute approximate surface area is 176 Å². The van der Waals surface area contributed by atoms with Crippen molar-refractivity contribution in [3.05, 3.63) is 48.5 Å². The Morgan fingerprint density at radius 1 is 0.821 bits per heavy atom. The summed E-state index contributed by atoms with van der Waals surface area (Å²) in [7, 11) is -3.87. The van der Waals surface area contributed by atoms with Gasteiger partial charge in [-0.05, 0) is 59.6 Å². The molecular weight excluding hydrogens is 396 g/mol. The maximum atomic E-state index is 12.5. The van der Waals surface area contributed by atoms with Crippen LogP contribution in [-0.2, 0) is 10.8 Å². The van der Waals surface area contributed by atoms with Gasteiger partial charge >= 0.3 is 0 Å². The first-order valence-corrected chi connectivity index (χ1v) is 18.0. The fraction of sp³-hybridized carbons (Fsp3) is 0.478. The van der Waals surface area contributed by atoms with Gasteiger partial charge in [0.15, 0.2) is 0 Å². The molecule has 0 bridgehead atoms. The molecule has 1 unspecified atom stereocenters. The molecule has 0 saturated heterocycles. The highest BCUT2D eigenvalue weighted by atomic mass is 32.2. The highest BCUT2D eigenvalue weighted by Gasteiger charge is 2.38. The van der Waals surface area contributed by atoms with Gasteiger partial charge in [-0.3, -0.25) is 4.21 Å². The van der Waals surface area contributed by atoms with Crippen LogP contribution in [0.4, 0.5) is 0 Å². The quantitative estimate of drug-likeness (QED) is 0.433. The summed E-state index contributed by atoms with van der Waals surface area (Å²) in [4.78, 5) is 0.930. The molecule has 2 aromatic rings. The Hall–Kier alpha value is -1.18. The standard InChI is InChI=1S/C23H36O2SSi2/c1-23(2,3)28(7,8)25-21-13-9-19(10-14-21)20-11-15-22(16-12-20)26(24)17-18-27(4,5)6/h9-16H,17-18H2,1-8H3. The molecule has 0 heterocycles. The van der Waals surface area contributed by atoms with Crippen LogP contribution in [-0.4, -0.2) is 26.4 Å². The van der Waals surface area contributed by atoms with Gasteiger partial charge in [-0.15, -0.1) is 0 Å². The number of hydrogen-bond donors (Lipinski definition) is 0. The van der Waals surface area contributed by atoms with Crippen molar-refractivity contribution in [1.29, 1.82) is 0 Å². The average molecular weight is 433 g/mol. The summed E-state index contributed by atoms with van der Waals surface area (Å²) in [5.41, 5.74) is 2.30. The van der Waals surface area contributed by atoms with Gasteiger partial charge in [-0.2, -0.15) is 0 Å². The molecule has 0 spiro atoms. The van der Waals surface area contributed by atoms with Crippen LogP contribution in [0.1, 0.15) is 20.8 Å². The molecule has 0 aliphatic rings. The minimum atomic E-state index is -1.81. The topological polar surface area (TPSA) is 26.3 Å². The molecule has 0 aromatic heterocycles. The summed E-state index contributed by atoms with van der Waals surface area (Å²) in [6, 6.07) is 17.6. The molecule has 0 radical (unpaired) electrons. The van der Waals surface area contributed by atoms with Crippen molar-refractivity contribution < 1.29 is 8.63 Å². The Bertz CT molecular complexity index is 798. The first-order chi connectivity index (χ1) is 12.8. The monoisotopic (exact) mass is 432 g/mol. The van der Waals surface area contributed by atoms with Crippen LogP contribution in [0, 0.1) is 0 Å². The van der Waals surface area contributed by atoms with E-state index in [9.17, 15) is 4.21 Å². The van der Waals surface area contributed by atoms with Crippen LogP contribution >= 0.6 is 0 Å². The third kappa shape index (κ3) is 6.43. The lowest BCUT2D eigenvalue weighted by Crippen LogP contribution is -2.43. The van der Waals surface area contributed by atoms with Crippen molar-refractivity contribution in [3.8, 4) is 16.9 Å². The molecule has 0 aliphatic heterocycles. The maximum Gasteiger partial charge on any atom is 0.250 e. The van der Waals surface area contributed by atoms with E-state index < -0.39 is 27.2 Å². The van der Waals surface area contributed by atoms with Gasteiger partial charge in [0.05, 0.1) is 10.8 Å². The first kappa shape index (κ1) is 23.1. The van der Waals surface area contributed by atoms with Crippen molar-refractivity contribution in [2.24, 2.45) is 0 Å². The predicted molar refractivity (Wildman–Crippen MR) is 129 cm³/mol. The lowest BCUT2D eigenvalue weighted by molar-refractivity contribution is 0.492. The van der Waals surface area contributed by atoms with Crippen molar-refractivity contribution in [2.45, 2.75) is 69.5 Å². The second-order valence-electron chi connectivity index (χ2n) is 10.3. The highest BCUT2D eigenvalue weighted by molar-refractivity contribution is 7.85. The molecular formula is C23H36O2SSi2. The molecule has 1 atom stereocenters. The second-order valence-corrected chi connectivity index (χ2v) is 22.2. The van der Waals surface area contributed by atoms with E-state index in [4.69, 9.17) is 4.43 Å². The molecule has 5 heteroatoms. The lowest BCUT2D eigenvalue weighted by atomic mass is 10.1. The van der Waals surface area contributed by atoms with Gasteiger partial charge < -0.3 is 4.43 Å². The molecule has 0 amide bonds. The number of rotatable bonds is 7. The normalized spacial score (nSPS) is 14.0. The summed E-state index contributed by atoms with van der Waals surface area (Å²) in [5.74, 6) is 1.72. The van der Waals surface area contributed by atoms with E-state index in [1.165, 1.54) is 0 Å². The van der Waals surface area contributed by atoms with Crippen LogP contribution in [0.25, 0.3) is 11.1 Å². The van der Waals surface area contributed by atoms with Crippen molar-refractivity contribution >= 4 is 27.2 Å². The lowest BCUT2D eigenvalue weighted by Gasteiger charge is -2.36. The van der Waals surface area contributed by atoms with Crippen LogP contribution in [0.3, 0.4) is 0 Å². The molecule has 154 valence electrons. The van der Waals surface area contributed by atoms with Crippen LogP contribution < -0.4 is 4.43 Å². The third-order valence-electron chi connectivity index (χ3n) is 5.52. The van der Waals surface area contributed by atoms with E-state index in [0.29, 0.717) is 0 Å². The summed E-state index contributed by atoms with van der Waals surface area (Å²) in [6.45, 7) is 18.3. The number of hydrogen-bond acceptors (Lipinski definition) is 2. The molecule has 2 nitrogen and oxygen atoms in total. The number of benzene rings is 2. The van der Waals surface area contributed by atoms with Gasteiger partial charge in [0.2, 0.25) is 8.32 Å². The Morgan fingerprint density at radius 2 is 1.29 bits per heavy atom. The summed E-state index contributed by atoms with van der Waals surface area (Å²) in [6.07, 6.45) is 0. The largest absolute Gasteiger partial charge is 0.544 e. The van der Waals surface area contributed by atoms with Gasteiger partial charge in [0.1, 0.15) is 5.75 Å². The minimum absolute atomic E-state index is 0.187. The van der Waals surface area contributed by atoms with Crippen LogP contribution in [0.15, 0.2) is 53.4 Å². The third-order valence-corrected chi connectivity index (χ3v) is 13.4. The second kappa shape index (κ2) is 8.68. The summed E-state index contributed by atoms with van der Waals surface area (Å²) >= 11 is 0. The first-order valence-electron chi connectivity index (χ1n) is 10.1. The van der Waals surface area contributed by atoms with Crippen molar-refractivity contribution in [3.63, 3.8) is 0 Å². The van der Waals surface area contributed by atoms with Gasteiger partial charge in [0, 0.05) is 18.7 Å². The van der Waals surface area contributed by atoms with E-state index in [-0.39, 0.29) is 5.04 Å². The van der Waals surface area contributed by atoms with E-state index >= 15 is 0 Å². The average Bonchev–Trinajstić information content (AvgIpc) is 2.58. The van der Waals surface area contributed by atoms with E-state index in [1.54, 1.807) is 0 Å². The molecule has 28 heavy (non-hydrogen) atoms. The smallest absolute Gasteiger partial charge is 0.250 e. The zero-order chi connectivity index (χ0) is 21.2. The molecule has 0 fully saturated rings. The zero-order valence-electron chi connectivity index (χ0n) is 18.8. The Balaban J connectivity index is 2.07. The molecule has 0 N–H and O–H groups in total. The van der Waals surface area contributed by atoms with Crippen LogP contribution in [0.5, 0.6) is 5.75 Å². The van der Waals surface area contributed by atoms with Crippen LogP contribution in [0.2, 0.25) is 43.8 Å². The summed E-state index contributed by atoms with van der Waals surface area (Å²) in [5, 5.41) is 0.187. The van der Waals surface area contributed by atoms with E-state index in [2.05, 4.69) is 89.9 Å². The van der Waals surface area contributed by atoms with Gasteiger partial charge in [0.25, 0.3) is 0 Å². The summed E-state index contributed by atoms with van der Waals surface area (Å²) < 4.78 is 18.9. The Kier molecular flexibility index (Phi) is 7.16. The predicted octanol–water partition coefficient (Wildman–Crippen LogP) is 7.18. The fourth-order valence-corrected chi connectivity index (χ4v) is 7.38. The van der Waals surface area contributed by atoms with E-state index in [0.717, 1.165) is 33.6 Å². The molecule has 2 rings (SSSR count). The zero-order valence-corrected chi connectivity index (χ0v) is 21.6. The minimum Gasteiger partial charge on any atom is -0.544 e. The van der Waals surface area contributed by atoms with Gasteiger partial charge in [-0.25, -0.2) is 0 Å². The molecule has 0 saturated carbocycles. The fourth-order valence-electron chi connectivity index (χ4n) is 2.48. The Morgan fingerprint density at radius 3 is 1.71 bits per heavy atom. The SMILES string of the molecule is CC(C)(C)[Si](C)(C)Oc1ccc(-c2ccc(S(=O)CC[Si](C)(C)C)cc2)cc1. The van der Waals surface area contributed by atoms with Crippen molar-refractivity contribution in [1.82, 2.24) is 0 Å². The molecule has 0 aliphatic carbocycles. The highest BCUT2D eigenvalue weighted by Crippen LogP contribution is 2.37. The van der Waals surface area contributed by atoms with Crippen molar-refractivity contribution in [2.75, 3.05) is 5.75 Å². The van der Waals surface area contributed by atoms with E-state index in [1.807, 2.05) is 12.1 Å². The maximum absolute atomic E-state index is 12.5. The van der Waals surface area contributed by atoms with Gasteiger partial charge in [-0.1, -0.05) is 64.7 Å². The molecule has 2 aromatic carbocycles.